The van der Waals surface area contributed by atoms with Crippen LogP contribution in [0.2, 0.25) is 0 Å². The van der Waals surface area contributed by atoms with Crippen molar-refractivity contribution in [2.24, 2.45) is 5.41 Å². The Morgan fingerprint density at radius 2 is 2.11 bits per heavy atom. The third-order valence-electron chi connectivity index (χ3n) is 3.19. The van der Waals surface area contributed by atoms with E-state index in [1.165, 1.54) is 11.3 Å². The molecule has 1 atom stereocenters. The van der Waals surface area contributed by atoms with E-state index >= 15 is 0 Å². The Kier molecular flexibility index (Phi) is 3.60. The lowest BCUT2D eigenvalue weighted by molar-refractivity contribution is -0.121. The van der Waals surface area contributed by atoms with E-state index in [0.717, 1.165) is 13.1 Å². The van der Waals surface area contributed by atoms with Gasteiger partial charge in [0.2, 0.25) is 5.91 Å². The van der Waals surface area contributed by atoms with Crippen molar-refractivity contribution in [2.75, 3.05) is 18.4 Å². The van der Waals surface area contributed by atoms with Crippen LogP contribution >= 0.6 is 0 Å². The summed E-state index contributed by atoms with van der Waals surface area (Å²) in [5.74, 6) is 0.453. The maximum atomic E-state index is 11.9. The molecule has 1 aliphatic heterocycles. The molecule has 0 radical (unpaired) electrons. The van der Waals surface area contributed by atoms with Gasteiger partial charge in [-0.2, -0.15) is 0 Å². The smallest absolute Gasteiger partial charge is 0.220 e. The normalized spacial score (nSPS) is 18.1. The van der Waals surface area contributed by atoms with E-state index in [1.54, 1.807) is 0 Å². The minimum Gasteiger partial charge on any atom is -0.384 e. The zero-order valence-electron chi connectivity index (χ0n) is 11.4. The van der Waals surface area contributed by atoms with Crippen LogP contribution in [-0.2, 0) is 4.79 Å². The van der Waals surface area contributed by atoms with Crippen molar-refractivity contribution in [1.82, 2.24) is 5.32 Å². The standard InChI is InChI=1S/C15H22N2O/c1-15(2,3)10-17-14(18)8-11-9-16-13-7-5-4-6-12(11)13/h4-7,11,16H,8-10H2,1-3H3,(H,17,18). The van der Waals surface area contributed by atoms with Crippen LogP contribution in [-0.4, -0.2) is 19.0 Å². The van der Waals surface area contributed by atoms with Crippen molar-refractivity contribution in [3.63, 3.8) is 0 Å². The second-order valence-corrected chi connectivity index (χ2v) is 6.21. The average molecular weight is 246 g/mol. The van der Waals surface area contributed by atoms with Crippen molar-refractivity contribution in [3.05, 3.63) is 29.8 Å². The Labute approximate surface area is 109 Å². The Morgan fingerprint density at radius 3 is 2.83 bits per heavy atom. The molecule has 3 heteroatoms. The number of hydrogen-bond acceptors (Lipinski definition) is 2. The van der Waals surface area contributed by atoms with Gasteiger partial charge >= 0.3 is 0 Å². The molecule has 0 aromatic heterocycles. The van der Waals surface area contributed by atoms with Crippen LogP contribution in [0.5, 0.6) is 0 Å². The lowest BCUT2D eigenvalue weighted by Gasteiger charge is -2.19. The molecule has 1 aromatic rings. The molecule has 3 nitrogen and oxygen atoms in total. The topological polar surface area (TPSA) is 41.1 Å². The summed E-state index contributed by atoms with van der Waals surface area (Å²) in [6.45, 7) is 7.97. The van der Waals surface area contributed by atoms with Gasteiger partial charge in [-0.05, 0) is 17.0 Å². The van der Waals surface area contributed by atoms with Crippen LogP contribution in [0, 0.1) is 5.41 Å². The molecule has 0 aliphatic carbocycles. The molecule has 2 rings (SSSR count). The van der Waals surface area contributed by atoms with Gasteiger partial charge < -0.3 is 10.6 Å². The third kappa shape index (κ3) is 3.25. The Hall–Kier alpha value is -1.51. The number of amides is 1. The van der Waals surface area contributed by atoms with Gasteiger partial charge in [0.15, 0.2) is 0 Å². The highest BCUT2D eigenvalue weighted by Gasteiger charge is 2.24. The third-order valence-corrected chi connectivity index (χ3v) is 3.19. The largest absolute Gasteiger partial charge is 0.384 e. The highest BCUT2D eigenvalue weighted by molar-refractivity contribution is 5.78. The first-order chi connectivity index (χ1) is 8.46. The molecule has 1 aliphatic rings. The second-order valence-electron chi connectivity index (χ2n) is 6.21. The first kappa shape index (κ1) is 12.9. The molecule has 0 fully saturated rings. The molecule has 0 bridgehead atoms. The summed E-state index contributed by atoms with van der Waals surface area (Å²) in [5.41, 5.74) is 2.58. The molecular formula is C15H22N2O. The summed E-state index contributed by atoms with van der Waals surface area (Å²) in [7, 11) is 0. The summed E-state index contributed by atoms with van der Waals surface area (Å²) in [4.78, 5) is 11.9. The fourth-order valence-electron chi connectivity index (χ4n) is 2.20. The Morgan fingerprint density at radius 1 is 1.39 bits per heavy atom. The average Bonchev–Trinajstić information content (AvgIpc) is 2.70. The number of benzene rings is 1. The summed E-state index contributed by atoms with van der Waals surface area (Å²) in [5, 5.41) is 6.36. The van der Waals surface area contributed by atoms with E-state index in [2.05, 4.69) is 43.5 Å². The quantitative estimate of drug-likeness (QED) is 0.861. The van der Waals surface area contributed by atoms with Crippen molar-refractivity contribution in [3.8, 4) is 0 Å². The van der Waals surface area contributed by atoms with Crippen LogP contribution in [0.3, 0.4) is 0 Å². The molecule has 1 aromatic carbocycles. The fourth-order valence-corrected chi connectivity index (χ4v) is 2.20. The molecule has 1 heterocycles. The molecule has 2 N–H and O–H groups in total. The van der Waals surface area contributed by atoms with E-state index < -0.39 is 0 Å². The Balaban J connectivity index is 1.90. The predicted octanol–water partition coefficient (Wildman–Crippen LogP) is 2.75. The van der Waals surface area contributed by atoms with Gasteiger partial charge in [0.05, 0.1) is 0 Å². The summed E-state index contributed by atoms with van der Waals surface area (Å²) in [6.07, 6.45) is 0.570. The van der Waals surface area contributed by atoms with Crippen LogP contribution in [0.15, 0.2) is 24.3 Å². The van der Waals surface area contributed by atoms with Gasteiger partial charge in [0, 0.05) is 31.1 Å². The zero-order valence-corrected chi connectivity index (χ0v) is 11.4. The first-order valence-electron chi connectivity index (χ1n) is 6.55. The molecule has 18 heavy (non-hydrogen) atoms. The lowest BCUT2D eigenvalue weighted by atomic mass is 9.95. The number of carbonyl (C=O) groups is 1. The van der Waals surface area contributed by atoms with Crippen LogP contribution in [0.25, 0.3) is 0 Å². The van der Waals surface area contributed by atoms with E-state index in [1.807, 2.05) is 12.1 Å². The maximum absolute atomic E-state index is 11.9. The van der Waals surface area contributed by atoms with Crippen molar-refractivity contribution >= 4 is 11.6 Å². The van der Waals surface area contributed by atoms with E-state index in [0.29, 0.717) is 12.3 Å². The molecular weight excluding hydrogens is 224 g/mol. The summed E-state index contributed by atoms with van der Waals surface area (Å²) < 4.78 is 0. The molecule has 0 saturated carbocycles. The van der Waals surface area contributed by atoms with Gasteiger partial charge in [-0.1, -0.05) is 39.0 Å². The van der Waals surface area contributed by atoms with Gasteiger partial charge in [-0.15, -0.1) is 0 Å². The van der Waals surface area contributed by atoms with Crippen LogP contribution in [0.1, 0.15) is 38.7 Å². The second kappa shape index (κ2) is 5.01. The molecule has 1 amide bonds. The minimum atomic E-state index is 0.140. The summed E-state index contributed by atoms with van der Waals surface area (Å²) in [6, 6.07) is 8.24. The number of rotatable bonds is 3. The first-order valence-corrected chi connectivity index (χ1v) is 6.55. The minimum absolute atomic E-state index is 0.140. The number of anilines is 1. The Bertz CT molecular complexity index is 434. The van der Waals surface area contributed by atoms with Gasteiger partial charge in [-0.3, -0.25) is 4.79 Å². The van der Waals surface area contributed by atoms with E-state index in [9.17, 15) is 4.79 Å². The van der Waals surface area contributed by atoms with Crippen molar-refractivity contribution < 1.29 is 4.79 Å². The van der Waals surface area contributed by atoms with E-state index in [-0.39, 0.29) is 11.3 Å². The number of para-hydroxylation sites is 1. The van der Waals surface area contributed by atoms with Gasteiger partial charge in [0.1, 0.15) is 0 Å². The highest BCUT2D eigenvalue weighted by atomic mass is 16.1. The number of carbonyl (C=O) groups excluding carboxylic acids is 1. The lowest BCUT2D eigenvalue weighted by Crippen LogP contribution is -2.33. The zero-order chi connectivity index (χ0) is 13.2. The van der Waals surface area contributed by atoms with Crippen molar-refractivity contribution in [1.29, 1.82) is 0 Å². The number of fused-ring (bicyclic) bond motifs is 1. The van der Waals surface area contributed by atoms with Gasteiger partial charge in [0.25, 0.3) is 0 Å². The number of nitrogens with one attached hydrogen (secondary N) is 2. The number of hydrogen-bond donors (Lipinski definition) is 2. The maximum Gasteiger partial charge on any atom is 0.220 e. The van der Waals surface area contributed by atoms with Crippen LogP contribution in [0.4, 0.5) is 5.69 Å². The molecule has 98 valence electrons. The molecule has 1 unspecified atom stereocenters. The monoisotopic (exact) mass is 246 g/mol. The van der Waals surface area contributed by atoms with Crippen molar-refractivity contribution in [2.45, 2.75) is 33.1 Å². The summed E-state index contributed by atoms with van der Waals surface area (Å²) >= 11 is 0. The predicted molar refractivity (Wildman–Crippen MR) is 74.8 cm³/mol. The fraction of sp³-hybridized carbons (Fsp3) is 0.533. The highest BCUT2D eigenvalue weighted by Crippen LogP contribution is 2.33. The SMILES string of the molecule is CC(C)(C)CNC(=O)CC1CNc2ccccc21. The molecule has 0 spiro atoms. The van der Waals surface area contributed by atoms with E-state index in [4.69, 9.17) is 0 Å². The molecule has 0 saturated heterocycles. The van der Waals surface area contributed by atoms with Gasteiger partial charge in [-0.25, -0.2) is 0 Å². The van der Waals surface area contributed by atoms with Crippen LogP contribution < -0.4 is 10.6 Å².